The number of sulfonamides is 1. The van der Waals surface area contributed by atoms with E-state index >= 15 is 0 Å². The largest absolute Gasteiger partial charge is 0.497 e. The Kier molecular flexibility index (Phi) is 11.0. The number of aryl methyl sites for hydroxylation is 1. The molecule has 0 radical (unpaired) electrons. The number of anilines is 1. The van der Waals surface area contributed by atoms with Crippen molar-refractivity contribution in [1.82, 2.24) is 10.2 Å². The molecule has 8 nitrogen and oxygen atoms in total. The van der Waals surface area contributed by atoms with Gasteiger partial charge in [0.1, 0.15) is 18.3 Å². The van der Waals surface area contributed by atoms with Crippen LogP contribution in [0.4, 0.5) is 5.69 Å². The zero-order chi connectivity index (χ0) is 29.3. The second kappa shape index (κ2) is 14.2. The van der Waals surface area contributed by atoms with Gasteiger partial charge in [0.25, 0.3) is 0 Å². The Balaban J connectivity index is 2.08. The Bertz CT molecular complexity index is 1420. The smallest absolute Gasteiger partial charge is 0.244 e. The third kappa shape index (κ3) is 8.47. The van der Waals surface area contributed by atoms with Crippen LogP contribution in [-0.4, -0.2) is 57.6 Å². The van der Waals surface area contributed by atoms with E-state index in [9.17, 15) is 18.0 Å². The molecule has 3 aromatic rings. The van der Waals surface area contributed by atoms with Crippen molar-refractivity contribution in [2.45, 2.75) is 39.3 Å². The lowest BCUT2D eigenvalue weighted by Gasteiger charge is -2.34. The van der Waals surface area contributed by atoms with Crippen LogP contribution >= 0.6 is 11.6 Å². The molecule has 0 aliphatic heterocycles. The van der Waals surface area contributed by atoms with Crippen molar-refractivity contribution >= 4 is 39.1 Å². The van der Waals surface area contributed by atoms with Gasteiger partial charge in [-0.05, 0) is 54.3 Å². The lowest BCUT2D eigenvalue weighted by molar-refractivity contribution is -0.140. The van der Waals surface area contributed by atoms with E-state index in [4.69, 9.17) is 16.3 Å². The Morgan fingerprint density at radius 3 is 2.35 bits per heavy atom. The van der Waals surface area contributed by atoms with Crippen LogP contribution in [0, 0.1) is 6.92 Å². The Hall–Kier alpha value is -3.56. The first-order valence-corrected chi connectivity index (χ1v) is 15.2. The number of carbonyl (C=O) groups is 2. The molecule has 3 rings (SSSR count). The topological polar surface area (TPSA) is 96.0 Å². The zero-order valence-electron chi connectivity index (χ0n) is 23.3. The molecule has 2 amide bonds. The van der Waals surface area contributed by atoms with Gasteiger partial charge in [0.05, 0.1) is 19.1 Å². The van der Waals surface area contributed by atoms with Gasteiger partial charge in [0.15, 0.2) is 0 Å². The minimum Gasteiger partial charge on any atom is -0.497 e. The second-order valence-corrected chi connectivity index (χ2v) is 11.9. The quantitative estimate of drug-likeness (QED) is 0.317. The molecule has 10 heteroatoms. The lowest BCUT2D eigenvalue weighted by atomic mass is 10.0. The summed E-state index contributed by atoms with van der Waals surface area (Å²) in [5.41, 5.74) is 2.55. The first-order chi connectivity index (χ1) is 19.0. The fraction of sp³-hybridized carbons (Fsp3) is 0.333. The number of benzene rings is 3. The normalized spacial score (nSPS) is 11.9. The number of halogens is 1. The highest BCUT2D eigenvalue weighted by Gasteiger charge is 2.33. The molecule has 3 aromatic carbocycles. The van der Waals surface area contributed by atoms with Gasteiger partial charge >= 0.3 is 0 Å². The fourth-order valence-electron chi connectivity index (χ4n) is 4.33. The first kappa shape index (κ1) is 31.0. The summed E-state index contributed by atoms with van der Waals surface area (Å²) >= 11 is 6.20. The maximum Gasteiger partial charge on any atom is 0.244 e. The Labute approximate surface area is 241 Å². The number of hydrogen-bond acceptors (Lipinski definition) is 5. The summed E-state index contributed by atoms with van der Waals surface area (Å²) in [6.07, 6.45) is 2.02. The van der Waals surface area contributed by atoms with Gasteiger partial charge in [0, 0.05) is 24.5 Å². The van der Waals surface area contributed by atoms with Gasteiger partial charge in [0.2, 0.25) is 21.8 Å². The predicted molar refractivity (Wildman–Crippen MR) is 159 cm³/mol. The van der Waals surface area contributed by atoms with Crippen molar-refractivity contribution in [1.29, 1.82) is 0 Å². The number of nitrogens with one attached hydrogen (secondary N) is 1. The van der Waals surface area contributed by atoms with E-state index < -0.39 is 28.5 Å². The number of hydrogen-bond donors (Lipinski definition) is 1. The first-order valence-electron chi connectivity index (χ1n) is 13.0. The highest BCUT2D eigenvalue weighted by molar-refractivity contribution is 7.92. The highest BCUT2D eigenvalue weighted by Crippen LogP contribution is 2.27. The molecule has 1 atom stereocenters. The average Bonchev–Trinajstić information content (AvgIpc) is 2.93. The monoisotopic (exact) mass is 585 g/mol. The predicted octanol–water partition coefficient (Wildman–Crippen LogP) is 4.59. The molecule has 40 heavy (non-hydrogen) atoms. The zero-order valence-corrected chi connectivity index (χ0v) is 24.8. The molecule has 0 fully saturated rings. The van der Waals surface area contributed by atoms with Gasteiger partial charge in [-0.15, -0.1) is 0 Å². The number of rotatable bonds is 13. The summed E-state index contributed by atoms with van der Waals surface area (Å²) < 4.78 is 32.3. The van der Waals surface area contributed by atoms with E-state index in [1.54, 1.807) is 44.4 Å². The van der Waals surface area contributed by atoms with Crippen LogP contribution in [0.15, 0.2) is 72.8 Å². The lowest BCUT2D eigenvalue weighted by Crippen LogP contribution is -2.53. The van der Waals surface area contributed by atoms with Crippen molar-refractivity contribution in [2.24, 2.45) is 0 Å². The number of carbonyl (C=O) groups excluding carboxylic acids is 2. The van der Waals surface area contributed by atoms with Crippen LogP contribution in [0.5, 0.6) is 5.75 Å². The minimum absolute atomic E-state index is 0.0687. The van der Waals surface area contributed by atoms with Crippen molar-refractivity contribution in [3.63, 3.8) is 0 Å². The van der Waals surface area contributed by atoms with Crippen molar-refractivity contribution in [3.05, 3.63) is 94.5 Å². The van der Waals surface area contributed by atoms with E-state index in [0.717, 1.165) is 28.1 Å². The van der Waals surface area contributed by atoms with E-state index in [-0.39, 0.29) is 18.9 Å². The molecule has 0 heterocycles. The molecule has 0 saturated heterocycles. The molecule has 0 aromatic heterocycles. The molecule has 214 valence electrons. The maximum absolute atomic E-state index is 14.1. The van der Waals surface area contributed by atoms with Gasteiger partial charge in [-0.1, -0.05) is 67.1 Å². The molecule has 1 unspecified atom stereocenters. The molecule has 0 aliphatic carbocycles. The Morgan fingerprint density at radius 1 is 1.00 bits per heavy atom. The minimum atomic E-state index is -3.88. The summed E-state index contributed by atoms with van der Waals surface area (Å²) in [5, 5.41) is 3.26. The number of nitrogens with zero attached hydrogens (tertiary/aromatic N) is 2. The molecule has 0 bridgehead atoms. The van der Waals surface area contributed by atoms with Crippen molar-refractivity contribution in [2.75, 3.05) is 30.8 Å². The van der Waals surface area contributed by atoms with Gasteiger partial charge in [-0.25, -0.2) is 8.42 Å². The molecular weight excluding hydrogens is 550 g/mol. The van der Waals surface area contributed by atoms with Crippen LogP contribution in [0.3, 0.4) is 0 Å². The van der Waals surface area contributed by atoms with Crippen molar-refractivity contribution in [3.8, 4) is 5.75 Å². The summed E-state index contributed by atoms with van der Waals surface area (Å²) in [4.78, 5) is 29.1. The van der Waals surface area contributed by atoms with Crippen LogP contribution in [0.25, 0.3) is 0 Å². The maximum atomic E-state index is 14.1. The Morgan fingerprint density at radius 2 is 1.70 bits per heavy atom. The average molecular weight is 586 g/mol. The van der Waals surface area contributed by atoms with Crippen LogP contribution in [0.1, 0.15) is 30.0 Å². The van der Waals surface area contributed by atoms with Gasteiger partial charge in [-0.2, -0.15) is 0 Å². The molecular formula is C30H36ClN3O5S. The van der Waals surface area contributed by atoms with Crippen LogP contribution in [0.2, 0.25) is 5.02 Å². The van der Waals surface area contributed by atoms with Crippen LogP contribution < -0.4 is 14.4 Å². The summed E-state index contributed by atoms with van der Waals surface area (Å²) in [5.74, 6) is -0.237. The highest BCUT2D eigenvalue weighted by atomic mass is 35.5. The molecule has 0 aliphatic rings. The summed E-state index contributed by atoms with van der Waals surface area (Å²) in [7, 11) is -2.33. The van der Waals surface area contributed by atoms with E-state index in [0.29, 0.717) is 28.6 Å². The van der Waals surface area contributed by atoms with Gasteiger partial charge in [-0.3, -0.25) is 13.9 Å². The van der Waals surface area contributed by atoms with Crippen molar-refractivity contribution < 1.29 is 22.7 Å². The van der Waals surface area contributed by atoms with Gasteiger partial charge < -0.3 is 15.0 Å². The summed E-state index contributed by atoms with van der Waals surface area (Å²) in [6.45, 7) is 3.71. The fourth-order valence-corrected chi connectivity index (χ4v) is 5.40. The SMILES string of the molecule is CCCNC(=O)C(Cc1ccccc1)N(Cc1cccc(OC)c1)C(=O)CN(c1cc(Cl)ccc1C)S(C)(=O)=O. The standard InChI is InChI=1S/C30H36ClN3O5S/c1-5-16-32-30(36)28(18-23-10-7-6-8-11-23)33(20-24-12-9-13-26(17-24)39-3)29(35)21-34(40(4,37)38)27-19-25(31)15-14-22(27)2/h6-15,17,19,28H,5,16,18,20-21H2,1-4H3,(H,32,36). The third-order valence-electron chi connectivity index (χ3n) is 6.43. The summed E-state index contributed by atoms with van der Waals surface area (Å²) in [6, 6.07) is 20.6. The third-order valence-corrected chi connectivity index (χ3v) is 7.79. The number of ether oxygens (including phenoxy) is 1. The molecule has 0 spiro atoms. The van der Waals surface area contributed by atoms with E-state index in [1.165, 1.54) is 11.0 Å². The van der Waals surface area contributed by atoms with E-state index in [2.05, 4.69) is 5.32 Å². The molecule has 0 saturated carbocycles. The second-order valence-electron chi connectivity index (χ2n) is 9.57. The molecule has 1 N–H and O–H groups in total. The number of amides is 2. The van der Waals surface area contributed by atoms with E-state index in [1.807, 2.05) is 43.3 Å². The van der Waals surface area contributed by atoms with Crippen LogP contribution in [-0.2, 0) is 32.6 Å². The number of methoxy groups -OCH3 is 1.